The number of rotatable bonds is 8. The van der Waals surface area contributed by atoms with Gasteiger partial charge in [-0.15, -0.1) is 0 Å². The molecular weight excluding hydrogens is 376 g/mol. The van der Waals surface area contributed by atoms with Gasteiger partial charge in [0.1, 0.15) is 0 Å². The molecule has 4 heteroatoms. The molecule has 0 spiro atoms. The molecule has 0 radical (unpaired) electrons. The Bertz CT molecular complexity index is 1130. The summed E-state index contributed by atoms with van der Waals surface area (Å²) in [5.74, 6) is 1.84. The number of hydrogen-bond donors (Lipinski definition) is 1. The van der Waals surface area contributed by atoms with Crippen molar-refractivity contribution in [3.63, 3.8) is 0 Å². The summed E-state index contributed by atoms with van der Waals surface area (Å²) in [5, 5.41) is 14.3. The van der Waals surface area contributed by atoms with Gasteiger partial charge in [0.25, 0.3) is 0 Å². The second kappa shape index (κ2) is 9.12. The SMILES string of the molecule is C=Cc1c(/C=C(\C)CCCC)c2cc(OC)c(OC)cc2c2cc(O)c(OC)cc12. The normalized spacial score (nSPS) is 11.7. The van der Waals surface area contributed by atoms with E-state index in [2.05, 4.69) is 26.5 Å². The molecule has 3 aromatic rings. The first kappa shape index (κ1) is 21.6. The monoisotopic (exact) mass is 406 g/mol. The zero-order chi connectivity index (χ0) is 21.8. The fraction of sp³-hybridized carbons (Fsp3) is 0.308. The van der Waals surface area contributed by atoms with E-state index < -0.39 is 0 Å². The van der Waals surface area contributed by atoms with E-state index in [0.29, 0.717) is 17.2 Å². The maximum Gasteiger partial charge on any atom is 0.161 e. The van der Waals surface area contributed by atoms with E-state index in [1.54, 1.807) is 27.4 Å². The summed E-state index contributed by atoms with van der Waals surface area (Å²) < 4.78 is 16.5. The molecule has 0 aliphatic carbocycles. The molecule has 4 nitrogen and oxygen atoms in total. The second-order valence-corrected chi connectivity index (χ2v) is 7.45. The van der Waals surface area contributed by atoms with Gasteiger partial charge in [-0.2, -0.15) is 0 Å². The highest BCUT2D eigenvalue weighted by Crippen LogP contribution is 2.44. The maximum absolute atomic E-state index is 10.5. The van der Waals surface area contributed by atoms with Crippen LogP contribution in [-0.2, 0) is 0 Å². The van der Waals surface area contributed by atoms with Crippen molar-refractivity contribution in [1.82, 2.24) is 0 Å². The number of phenols is 1. The summed E-state index contributed by atoms with van der Waals surface area (Å²) in [6, 6.07) is 7.58. The van der Waals surface area contributed by atoms with Gasteiger partial charge in [-0.05, 0) is 76.7 Å². The highest BCUT2D eigenvalue weighted by molar-refractivity contribution is 6.16. The van der Waals surface area contributed by atoms with Crippen molar-refractivity contribution in [3.8, 4) is 23.0 Å². The Morgan fingerprint density at radius 3 is 1.97 bits per heavy atom. The number of allylic oxidation sites excluding steroid dienone is 1. The van der Waals surface area contributed by atoms with Crippen molar-refractivity contribution in [2.45, 2.75) is 33.1 Å². The number of phenolic OH excluding ortho intramolecular Hbond substituents is 1. The van der Waals surface area contributed by atoms with Crippen LogP contribution in [0, 0.1) is 0 Å². The van der Waals surface area contributed by atoms with Gasteiger partial charge < -0.3 is 19.3 Å². The summed E-state index contributed by atoms with van der Waals surface area (Å²) in [4.78, 5) is 0. The number of fused-ring (bicyclic) bond motifs is 3. The maximum atomic E-state index is 10.5. The molecule has 3 aromatic carbocycles. The van der Waals surface area contributed by atoms with Gasteiger partial charge >= 0.3 is 0 Å². The number of methoxy groups -OCH3 is 3. The van der Waals surface area contributed by atoms with E-state index in [1.165, 1.54) is 5.57 Å². The first-order chi connectivity index (χ1) is 14.5. The second-order valence-electron chi connectivity index (χ2n) is 7.45. The highest BCUT2D eigenvalue weighted by Gasteiger charge is 2.17. The van der Waals surface area contributed by atoms with Crippen molar-refractivity contribution in [3.05, 3.63) is 47.5 Å². The fourth-order valence-electron chi connectivity index (χ4n) is 3.94. The summed E-state index contributed by atoms with van der Waals surface area (Å²) in [6.45, 7) is 8.45. The van der Waals surface area contributed by atoms with E-state index in [-0.39, 0.29) is 5.75 Å². The van der Waals surface area contributed by atoms with Crippen LogP contribution in [0.1, 0.15) is 44.2 Å². The van der Waals surface area contributed by atoms with Crippen LogP contribution >= 0.6 is 0 Å². The Kier molecular flexibility index (Phi) is 6.56. The lowest BCUT2D eigenvalue weighted by Gasteiger charge is -2.18. The van der Waals surface area contributed by atoms with Gasteiger partial charge in [0.15, 0.2) is 23.0 Å². The first-order valence-electron chi connectivity index (χ1n) is 10.2. The van der Waals surface area contributed by atoms with Crippen LogP contribution in [0.25, 0.3) is 33.7 Å². The molecule has 0 aliphatic heterocycles. The summed E-state index contributed by atoms with van der Waals surface area (Å²) in [5.41, 5.74) is 3.38. The number of hydrogen-bond acceptors (Lipinski definition) is 4. The molecule has 0 saturated heterocycles. The van der Waals surface area contributed by atoms with E-state index in [0.717, 1.165) is 51.9 Å². The minimum atomic E-state index is 0.0958. The molecule has 0 amide bonds. The van der Waals surface area contributed by atoms with Crippen LogP contribution in [0.5, 0.6) is 23.0 Å². The van der Waals surface area contributed by atoms with Crippen LogP contribution in [0.2, 0.25) is 0 Å². The number of ether oxygens (including phenoxy) is 3. The Morgan fingerprint density at radius 2 is 1.40 bits per heavy atom. The van der Waals surface area contributed by atoms with Crippen molar-refractivity contribution >= 4 is 33.7 Å². The van der Waals surface area contributed by atoms with E-state index >= 15 is 0 Å². The molecule has 158 valence electrons. The van der Waals surface area contributed by atoms with E-state index in [9.17, 15) is 5.11 Å². The molecule has 0 atom stereocenters. The van der Waals surface area contributed by atoms with Crippen LogP contribution < -0.4 is 14.2 Å². The third kappa shape index (κ3) is 3.82. The summed E-state index contributed by atoms with van der Waals surface area (Å²) in [6.07, 6.45) is 7.45. The van der Waals surface area contributed by atoms with Gasteiger partial charge in [0.05, 0.1) is 21.3 Å². The molecule has 0 unspecified atom stereocenters. The average Bonchev–Trinajstić information content (AvgIpc) is 2.76. The molecule has 0 saturated carbocycles. The summed E-state index contributed by atoms with van der Waals surface area (Å²) in [7, 11) is 4.82. The topological polar surface area (TPSA) is 47.9 Å². The molecule has 1 N–H and O–H groups in total. The third-order valence-electron chi connectivity index (χ3n) is 5.52. The van der Waals surface area contributed by atoms with E-state index in [1.807, 2.05) is 24.3 Å². The largest absolute Gasteiger partial charge is 0.504 e. The van der Waals surface area contributed by atoms with Gasteiger partial charge in [-0.25, -0.2) is 0 Å². The lowest BCUT2D eigenvalue weighted by Crippen LogP contribution is -1.95. The van der Waals surface area contributed by atoms with Crippen LogP contribution in [-0.4, -0.2) is 26.4 Å². The Hall–Kier alpha value is -3.14. The first-order valence-corrected chi connectivity index (χ1v) is 10.2. The third-order valence-corrected chi connectivity index (χ3v) is 5.52. The molecule has 0 heterocycles. The summed E-state index contributed by atoms with van der Waals surface area (Å²) >= 11 is 0. The lowest BCUT2D eigenvalue weighted by atomic mass is 9.89. The van der Waals surface area contributed by atoms with E-state index in [4.69, 9.17) is 14.2 Å². The molecular formula is C26H30O4. The smallest absolute Gasteiger partial charge is 0.161 e. The number of unbranched alkanes of at least 4 members (excludes halogenated alkanes) is 1. The standard InChI is InChI=1S/C26H30O4/c1-7-9-10-16(3)11-18-17(8-2)20-13-24(28-4)23(27)12-19(20)22-15-26(30-6)25(29-5)14-21(18)22/h8,11-15,27H,2,7,9-10H2,1,3-6H3/b16-11+. The van der Waals surface area contributed by atoms with Crippen molar-refractivity contribution in [2.75, 3.05) is 21.3 Å². The molecule has 30 heavy (non-hydrogen) atoms. The number of aromatic hydroxyl groups is 1. The van der Waals surface area contributed by atoms with Crippen LogP contribution in [0.4, 0.5) is 0 Å². The average molecular weight is 407 g/mol. The molecule has 0 fully saturated rings. The Balaban J connectivity index is 2.51. The van der Waals surface area contributed by atoms with Gasteiger partial charge in [-0.1, -0.05) is 37.6 Å². The highest BCUT2D eigenvalue weighted by atomic mass is 16.5. The molecule has 0 bridgehead atoms. The Morgan fingerprint density at radius 1 is 0.867 bits per heavy atom. The zero-order valence-corrected chi connectivity index (χ0v) is 18.5. The van der Waals surface area contributed by atoms with Gasteiger partial charge in [-0.3, -0.25) is 0 Å². The molecule has 0 aliphatic rings. The lowest BCUT2D eigenvalue weighted by molar-refractivity contribution is 0.356. The fourth-order valence-corrected chi connectivity index (χ4v) is 3.94. The number of benzene rings is 3. The predicted octanol–water partition coefficient (Wildman–Crippen LogP) is 6.96. The van der Waals surface area contributed by atoms with Crippen LogP contribution in [0.15, 0.2) is 36.4 Å². The van der Waals surface area contributed by atoms with Crippen molar-refractivity contribution < 1.29 is 19.3 Å². The van der Waals surface area contributed by atoms with Crippen molar-refractivity contribution in [2.24, 2.45) is 0 Å². The molecule has 0 aromatic heterocycles. The Labute approximate surface area is 178 Å². The minimum Gasteiger partial charge on any atom is -0.504 e. The van der Waals surface area contributed by atoms with Gasteiger partial charge in [0.2, 0.25) is 0 Å². The quantitative estimate of drug-likeness (QED) is 0.411. The van der Waals surface area contributed by atoms with Crippen molar-refractivity contribution in [1.29, 1.82) is 0 Å². The van der Waals surface area contributed by atoms with Crippen LogP contribution in [0.3, 0.4) is 0 Å². The minimum absolute atomic E-state index is 0.0958. The predicted molar refractivity (Wildman–Crippen MR) is 126 cm³/mol. The van der Waals surface area contributed by atoms with Gasteiger partial charge in [0, 0.05) is 0 Å². The molecule has 3 rings (SSSR count). The zero-order valence-electron chi connectivity index (χ0n) is 18.5.